The van der Waals surface area contributed by atoms with E-state index in [2.05, 4.69) is 4.98 Å². The van der Waals surface area contributed by atoms with Crippen LogP contribution in [0, 0.1) is 21.8 Å². The molecule has 0 aromatic carbocycles. The number of rotatable bonds is 2. The second kappa shape index (κ2) is 4.64. The zero-order valence-electron chi connectivity index (χ0n) is 7.39. The van der Waals surface area contributed by atoms with Gasteiger partial charge in [0.25, 0.3) is 6.43 Å². The lowest BCUT2D eigenvalue weighted by molar-refractivity contribution is 0.149. The van der Waals surface area contributed by atoms with E-state index >= 15 is 0 Å². The maximum absolute atomic E-state index is 12.6. The molecule has 74 valence electrons. The van der Waals surface area contributed by atoms with Gasteiger partial charge in [0.1, 0.15) is 0 Å². The summed E-state index contributed by atoms with van der Waals surface area (Å²) < 4.78 is 25.6. The van der Waals surface area contributed by atoms with E-state index in [-0.39, 0.29) is 12.0 Å². The van der Waals surface area contributed by atoms with Crippen LogP contribution in [-0.4, -0.2) is 4.98 Å². The number of nitriles is 1. The highest BCUT2D eigenvalue weighted by Crippen LogP contribution is 2.28. The van der Waals surface area contributed by atoms with E-state index in [0.717, 1.165) is 0 Å². The Hall–Kier alpha value is -0.770. The van der Waals surface area contributed by atoms with Gasteiger partial charge in [-0.15, -0.1) is 0 Å². The van der Waals surface area contributed by atoms with E-state index in [1.165, 1.54) is 6.20 Å². The fraction of sp³-hybridized carbons (Fsp3) is 0.333. The Balaban J connectivity index is 3.28. The van der Waals surface area contributed by atoms with E-state index in [9.17, 15) is 8.78 Å². The third-order valence-electron chi connectivity index (χ3n) is 1.89. The van der Waals surface area contributed by atoms with Crippen LogP contribution in [0.1, 0.15) is 23.2 Å². The number of pyridine rings is 1. The van der Waals surface area contributed by atoms with Gasteiger partial charge in [-0.25, -0.2) is 8.78 Å². The average Bonchev–Trinajstić information content (AvgIpc) is 2.10. The van der Waals surface area contributed by atoms with Crippen molar-refractivity contribution >= 4 is 22.6 Å². The van der Waals surface area contributed by atoms with Gasteiger partial charge in [-0.3, -0.25) is 4.98 Å². The third kappa shape index (κ3) is 2.18. The third-order valence-corrected chi connectivity index (χ3v) is 2.75. The number of hydrogen-bond acceptors (Lipinski definition) is 2. The molecule has 0 saturated carbocycles. The van der Waals surface area contributed by atoms with Crippen LogP contribution < -0.4 is 0 Å². The zero-order valence-corrected chi connectivity index (χ0v) is 9.55. The topological polar surface area (TPSA) is 36.7 Å². The number of aromatic nitrogens is 1. The predicted octanol–water partition coefficient (Wildman–Crippen LogP) is 3.00. The molecule has 1 aromatic rings. The van der Waals surface area contributed by atoms with Crippen molar-refractivity contribution in [3.05, 3.63) is 26.6 Å². The first kappa shape index (κ1) is 11.3. The SMILES string of the molecule is Cc1c(CC#N)ncc(I)c1C(F)F. The minimum atomic E-state index is -2.51. The van der Waals surface area contributed by atoms with E-state index in [1.807, 2.05) is 28.7 Å². The van der Waals surface area contributed by atoms with Gasteiger partial charge in [0, 0.05) is 15.3 Å². The van der Waals surface area contributed by atoms with E-state index < -0.39 is 6.43 Å². The second-order valence-corrected chi connectivity index (χ2v) is 3.89. The number of halogens is 3. The first-order valence-electron chi connectivity index (χ1n) is 3.87. The molecular formula is C9H7F2IN2. The summed E-state index contributed by atoms with van der Waals surface area (Å²) in [7, 11) is 0. The first-order valence-corrected chi connectivity index (χ1v) is 4.94. The maximum Gasteiger partial charge on any atom is 0.265 e. The summed E-state index contributed by atoms with van der Waals surface area (Å²) in [5.41, 5.74) is 0.850. The standard InChI is InChI=1S/C9H7F2IN2/c1-5-7(2-3-13)14-4-6(12)8(5)9(10)11/h4,9H,2H2,1H3. The van der Waals surface area contributed by atoms with Gasteiger partial charge in [0.2, 0.25) is 0 Å². The summed E-state index contributed by atoms with van der Waals surface area (Å²) in [6, 6.07) is 1.90. The fourth-order valence-electron chi connectivity index (χ4n) is 1.16. The lowest BCUT2D eigenvalue weighted by Crippen LogP contribution is -2.01. The number of hydrogen-bond donors (Lipinski definition) is 0. The first-order chi connectivity index (χ1) is 6.57. The van der Waals surface area contributed by atoms with E-state index in [0.29, 0.717) is 14.8 Å². The Morgan fingerprint density at radius 3 is 2.79 bits per heavy atom. The molecule has 1 aromatic heterocycles. The number of nitrogens with zero attached hydrogens (tertiary/aromatic N) is 2. The van der Waals surface area contributed by atoms with Crippen molar-refractivity contribution in [1.82, 2.24) is 4.98 Å². The van der Waals surface area contributed by atoms with Crippen LogP contribution in [0.3, 0.4) is 0 Å². The lowest BCUT2D eigenvalue weighted by atomic mass is 10.1. The molecule has 0 spiro atoms. The molecule has 0 atom stereocenters. The van der Waals surface area contributed by atoms with Crippen LogP contribution in [0.4, 0.5) is 8.78 Å². The molecule has 0 aliphatic heterocycles. The Bertz CT molecular complexity index is 385. The summed E-state index contributed by atoms with van der Waals surface area (Å²) >= 11 is 1.82. The van der Waals surface area contributed by atoms with Crippen LogP contribution >= 0.6 is 22.6 Å². The quantitative estimate of drug-likeness (QED) is 0.788. The second-order valence-electron chi connectivity index (χ2n) is 2.73. The Morgan fingerprint density at radius 2 is 2.29 bits per heavy atom. The molecule has 0 unspecified atom stereocenters. The van der Waals surface area contributed by atoms with Crippen molar-refractivity contribution < 1.29 is 8.78 Å². The minimum absolute atomic E-state index is 0.00847. The smallest absolute Gasteiger partial charge is 0.259 e. The van der Waals surface area contributed by atoms with E-state index in [1.54, 1.807) is 6.92 Å². The molecule has 0 aliphatic carbocycles. The molecule has 5 heteroatoms. The molecule has 0 bridgehead atoms. The van der Waals surface area contributed by atoms with Gasteiger partial charge >= 0.3 is 0 Å². The molecule has 0 N–H and O–H groups in total. The van der Waals surface area contributed by atoms with Crippen molar-refractivity contribution in [1.29, 1.82) is 5.26 Å². The van der Waals surface area contributed by atoms with Crippen LogP contribution in [0.5, 0.6) is 0 Å². The Kier molecular flexibility index (Phi) is 3.75. The zero-order chi connectivity index (χ0) is 10.7. The van der Waals surface area contributed by atoms with Gasteiger partial charge in [-0.05, 0) is 35.1 Å². The molecule has 1 rings (SSSR count). The summed E-state index contributed by atoms with van der Waals surface area (Å²) in [6.45, 7) is 1.57. The highest BCUT2D eigenvalue weighted by atomic mass is 127. The predicted molar refractivity (Wildman–Crippen MR) is 56.0 cm³/mol. The molecule has 2 nitrogen and oxygen atoms in total. The van der Waals surface area contributed by atoms with Crippen LogP contribution in [0.25, 0.3) is 0 Å². The molecule has 14 heavy (non-hydrogen) atoms. The highest BCUT2D eigenvalue weighted by Gasteiger charge is 2.17. The van der Waals surface area contributed by atoms with Crippen LogP contribution in [0.2, 0.25) is 0 Å². The Labute approximate surface area is 94.1 Å². The average molecular weight is 308 g/mol. The van der Waals surface area contributed by atoms with Gasteiger partial charge < -0.3 is 0 Å². The number of alkyl halides is 2. The van der Waals surface area contributed by atoms with Crippen molar-refractivity contribution in [2.24, 2.45) is 0 Å². The summed E-state index contributed by atoms with van der Waals surface area (Å²) in [6.07, 6.45) is -1.06. The van der Waals surface area contributed by atoms with Gasteiger partial charge in [0.05, 0.1) is 18.2 Å². The van der Waals surface area contributed by atoms with Gasteiger partial charge in [-0.1, -0.05) is 0 Å². The molecular weight excluding hydrogens is 301 g/mol. The molecule has 1 heterocycles. The van der Waals surface area contributed by atoms with Gasteiger partial charge in [-0.2, -0.15) is 5.26 Å². The van der Waals surface area contributed by atoms with E-state index in [4.69, 9.17) is 5.26 Å². The monoisotopic (exact) mass is 308 g/mol. The van der Waals surface area contributed by atoms with Crippen molar-refractivity contribution in [2.45, 2.75) is 19.8 Å². The largest absolute Gasteiger partial charge is 0.265 e. The lowest BCUT2D eigenvalue weighted by Gasteiger charge is -2.09. The minimum Gasteiger partial charge on any atom is -0.259 e. The molecule has 0 saturated heterocycles. The summed E-state index contributed by atoms with van der Waals surface area (Å²) in [5, 5.41) is 8.46. The molecule has 0 amide bonds. The van der Waals surface area contributed by atoms with Crippen molar-refractivity contribution in [3.63, 3.8) is 0 Å². The highest BCUT2D eigenvalue weighted by molar-refractivity contribution is 14.1. The van der Waals surface area contributed by atoms with Crippen LogP contribution in [0.15, 0.2) is 6.20 Å². The summed E-state index contributed by atoms with van der Waals surface area (Å²) in [4.78, 5) is 3.95. The fourth-order valence-corrected chi connectivity index (χ4v) is 1.94. The van der Waals surface area contributed by atoms with Gasteiger partial charge in [0.15, 0.2) is 0 Å². The molecule has 0 radical (unpaired) electrons. The van der Waals surface area contributed by atoms with Crippen molar-refractivity contribution in [3.8, 4) is 6.07 Å². The van der Waals surface area contributed by atoms with Crippen LogP contribution in [-0.2, 0) is 6.42 Å². The molecule has 0 aliphatic rings. The summed E-state index contributed by atoms with van der Waals surface area (Å²) in [5.74, 6) is 0. The van der Waals surface area contributed by atoms with Crippen molar-refractivity contribution in [2.75, 3.05) is 0 Å². The normalized spacial score (nSPS) is 10.3. The molecule has 0 fully saturated rings. The maximum atomic E-state index is 12.6. The Morgan fingerprint density at radius 1 is 1.64 bits per heavy atom.